The molecule has 0 N–H and O–H groups in total. The Morgan fingerprint density at radius 1 is 1.13 bits per heavy atom. The van der Waals surface area contributed by atoms with E-state index in [1.165, 1.54) is 0 Å². The van der Waals surface area contributed by atoms with Crippen molar-refractivity contribution in [3.63, 3.8) is 0 Å². The Morgan fingerprint density at radius 3 is 2.07 bits per heavy atom. The number of hydrogen-bond donors (Lipinski definition) is 0. The first-order valence-electron chi connectivity index (χ1n) is 5.27. The van der Waals surface area contributed by atoms with Crippen LogP contribution in [0.15, 0.2) is 0 Å². The molecule has 4 fully saturated rings. The number of fused-ring (bicyclic) bond motifs is 2. The van der Waals surface area contributed by atoms with Gasteiger partial charge in [0.05, 0.1) is 0 Å². The van der Waals surface area contributed by atoms with Gasteiger partial charge in [0.25, 0.3) is 0 Å². The molecule has 0 heterocycles. The second-order valence-corrected chi connectivity index (χ2v) is 5.67. The van der Waals surface area contributed by atoms with Crippen molar-refractivity contribution >= 4 is 0 Å². The zero-order valence-corrected chi connectivity index (χ0v) is 8.12. The van der Waals surface area contributed by atoms with Gasteiger partial charge in [-0.3, -0.25) is 20.2 Å². The number of nitrogens with zero attached hydrogens (tertiary/aromatic N) is 2. The second kappa shape index (κ2) is 1.66. The minimum absolute atomic E-state index is 0.190. The Hall–Kier alpha value is -1.20. The van der Waals surface area contributed by atoms with E-state index < -0.39 is 11.1 Å². The highest BCUT2D eigenvalue weighted by Gasteiger charge is 3.06. The molecular formula is C9H10N2O4. The predicted octanol–water partition coefficient (Wildman–Crippen LogP) is 0.563. The maximum atomic E-state index is 11.1. The summed E-state index contributed by atoms with van der Waals surface area (Å²) in [4.78, 5) is 21.6. The van der Waals surface area contributed by atoms with Gasteiger partial charge >= 0.3 is 0 Å². The van der Waals surface area contributed by atoms with Crippen LogP contribution in [-0.2, 0) is 0 Å². The molecule has 0 aromatic rings. The molecule has 0 amide bonds. The molecular weight excluding hydrogens is 200 g/mol. The minimum Gasteiger partial charge on any atom is -0.264 e. The highest BCUT2D eigenvalue weighted by Crippen LogP contribution is 2.90. The fraction of sp³-hybridized carbons (Fsp3) is 1.00. The van der Waals surface area contributed by atoms with Gasteiger partial charge < -0.3 is 0 Å². The summed E-state index contributed by atoms with van der Waals surface area (Å²) in [6.45, 7) is 1.61. The first-order valence-corrected chi connectivity index (χ1v) is 5.27. The molecule has 0 bridgehead atoms. The molecule has 4 rings (SSSR count). The van der Waals surface area contributed by atoms with Crippen LogP contribution in [-0.4, -0.2) is 20.9 Å². The van der Waals surface area contributed by atoms with E-state index in [0.717, 1.165) is 6.42 Å². The van der Waals surface area contributed by atoms with Gasteiger partial charge in [0.2, 0.25) is 11.1 Å². The lowest BCUT2D eigenvalue weighted by atomic mass is 9.12. The first kappa shape index (κ1) is 8.01. The molecule has 4 unspecified atom stereocenters. The van der Waals surface area contributed by atoms with E-state index in [2.05, 4.69) is 0 Å². The highest BCUT2D eigenvalue weighted by atomic mass is 16.6. The lowest BCUT2D eigenvalue weighted by Crippen LogP contribution is -3.03. The van der Waals surface area contributed by atoms with Crippen molar-refractivity contribution in [3.8, 4) is 0 Å². The smallest absolute Gasteiger partial charge is 0.245 e. The molecule has 4 aliphatic rings. The van der Waals surface area contributed by atoms with Crippen LogP contribution in [0.25, 0.3) is 0 Å². The summed E-state index contributed by atoms with van der Waals surface area (Å²) < 4.78 is 0. The SMILES string of the molecule is CC1([N+](=O)[O-])C2C3CC4C3C2([N+](=O)[O-])C41. The van der Waals surface area contributed by atoms with Gasteiger partial charge in [-0.15, -0.1) is 0 Å². The van der Waals surface area contributed by atoms with Crippen LogP contribution in [0.2, 0.25) is 0 Å². The van der Waals surface area contributed by atoms with Crippen molar-refractivity contribution in [1.29, 1.82) is 0 Å². The van der Waals surface area contributed by atoms with E-state index in [0.29, 0.717) is 0 Å². The molecule has 15 heavy (non-hydrogen) atoms. The second-order valence-electron chi connectivity index (χ2n) is 5.67. The van der Waals surface area contributed by atoms with Gasteiger partial charge in [-0.05, 0) is 18.3 Å². The van der Waals surface area contributed by atoms with Gasteiger partial charge in [0.15, 0.2) is 0 Å². The van der Waals surface area contributed by atoms with Crippen LogP contribution in [0.4, 0.5) is 0 Å². The Labute approximate surface area is 84.9 Å². The Kier molecular flexibility index (Phi) is 0.885. The fourth-order valence-electron chi connectivity index (χ4n) is 5.63. The summed E-state index contributed by atoms with van der Waals surface area (Å²) in [5.74, 6) is 0.183. The van der Waals surface area contributed by atoms with E-state index >= 15 is 0 Å². The monoisotopic (exact) mass is 210 g/mol. The molecule has 4 atom stereocenters. The summed E-state index contributed by atoms with van der Waals surface area (Å²) in [5.41, 5.74) is -1.86. The van der Waals surface area contributed by atoms with E-state index in [9.17, 15) is 20.2 Å². The predicted molar refractivity (Wildman–Crippen MR) is 47.2 cm³/mol. The van der Waals surface area contributed by atoms with E-state index in [4.69, 9.17) is 0 Å². The molecule has 0 aromatic heterocycles. The molecule has 0 radical (unpaired) electrons. The number of hydrogen-bond acceptors (Lipinski definition) is 4. The molecule has 6 nitrogen and oxygen atoms in total. The molecule has 0 saturated heterocycles. The van der Waals surface area contributed by atoms with Gasteiger partial charge in [0.1, 0.15) is 11.8 Å². The zero-order valence-electron chi connectivity index (χ0n) is 8.12. The molecule has 4 aliphatic carbocycles. The summed E-state index contributed by atoms with van der Waals surface area (Å²) in [5, 5.41) is 22.1. The van der Waals surface area contributed by atoms with E-state index in [1.54, 1.807) is 6.92 Å². The first-order chi connectivity index (χ1) is 6.98. The van der Waals surface area contributed by atoms with Crippen molar-refractivity contribution in [1.82, 2.24) is 0 Å². The maximum absolute atomic E-state index is 11.1. The molecule has 0 aliphatic heterocycles. The summed E-state index contributed by atoms with van der Waals surface area (Å²) in [6.07, 6.45) is 0.999. The third-order valence-corrected chi connectivity index (χ3v) is 5.82. The summed E-state index contributed by atoms with van der Waals surface area (Å²) >= 11 is 0. The van der Waals surface area contributed by atoms with Gasteiger partial charge in [-0.1, -0.05) is 0 Å². The number of rotatable bonds is 2. The lowest BCUT2D eigenvalue weighted by molar-refractivity contribution is -0.790. The van der Waals surface area contributed by atoms with Gasteiger partial charge in [0, 0.05) is 22.7 Å². The molecule has 0 spiro atoms. The average Bonchev–Trinajstić information content (AvgIpc) is 2.14. The quantitative estimate of drug-likeness (QED) is 0.492. The van der Waals surface area contributed by atoms with Crippen molar-refractivity contribution in [2.45, 2.75) is 24.4 Å². The molecule has 80 valence electrons. The highest BCUT2D eigenvalue weighted by molar-refractivity contribution is 5.43. The van der Waals surface area contributed by atoms with Crippen LogP contribution >= 0.6 is 0 Å². The Bertz CT molecular complexity index is 394. The topological polar surface area (TPSA) is 86.3 Å². The van der Waals surface area contributed by atoms with Gasteiger partial charge in [-0.2, -0.15) is 0 Å². The van der Waals surface area contributed by atoms with Crippen LogP contribution in [0, 0.1) is 49.8 Å². The third kappa shape index (κ3) is 0.404. The minimum atomic E-state index is -0.991. The standard InChI is InChI=1S/C9H10N2O4/c1-8(10(12)13)6-3-2-4-5(3)9(6,7(4)8)11(14)15/h3-7H,2H2,1H3. The normalized spacial score (nSPS) is 66.3. The Morgan fingerprint density at radius 2 is 1.67 bits per heavy atom. The Balaban J connectivity index is 1.84. The largest absolute Gasteiger partial charge is 0.264 e. The third-order valence-electron chi connectivity index (χ3n) is 5.82. The fourth-order valence-corrected chi connectivity index (χ4v) is 5.63. The van der Waals surface area contributed by atoms with Gasteiger partial charge in [-0.25, -0.2) is 0 Å². The van der Waals surface area contributed by atoms with Crippen LogP contribution < -0.4 is 0 Å². The van der Waals surface area contributed by atoms with E-state index in [1.807, 2.05) is 0 Å². The van der Waals surface area contributed by atoms with Crippen LogP contribution in [0.5, 0.6) is 0 Å². The summed E-state index contributed by atoms with van der Waals surface area (Å²) in [6, 6.07) is 0. The van der Waals surface area contributed by atoms with Crippen molar-refractivity contribution in [3.05, 3.63) is 20.2 Å². The zero-order chi connectivity index (χ0) is 10.7. The maximum Gasteiger partial charge on any atom is 0.245 e. The summed E-state index contributed by atoms with van der Waals surface area (Å²) in [7, 11) is 0. The van der Waals surface area contributed by atoms with Crippen molar-refractivity contribution in [2.24, 2.45) is 29.6 Å². The van der Waals surface area contributed by atoms with Crippen molar-refractivity contribution < 1.29 is 9.85 Å². The van der Waals surface area contributed by atoms with E-state index in [-0.39, 0.29) is 39.4 Å². The molecule has 0 aromatic carbocycles. The number of nitro groups is 2. The van der Waals surface area contributed by atoms with Crippen LogP contribution in [0.1, 0.15) is 13.3 Å². The average molecular weight is 210 g/mol. The lowest BCUT2D eigenvalue weighted by Gasteiger charge is -2.86. The van der Waals surface area contributed by atoms with Crippen LogP contribution in [0.3, 0.4) is 0 Å². The van der Waals surface area contributed by atoms with Crippen molar-refractivity contribution in [2.75, 3.05) is 0 Å². The molecule has 4 saturated carbocycles. The molecule has 6 heteroatoms.